The van der Waals surface area contributed by atoms with E-state index in [1.54, 1.807) is 12.1 Å². The number of rotatable bonds is 2. The highest BCUT2D eigenvalue weighted by atomic mass is 79.9. The van der Waals surface area contributed by atoms with Crippen molar-refractivity contribution in [2.24, 2.45) is 0 Å². The average Bonchev–Trinajstić information content (AvgIpc) is 2.88. The van der Waals surface area contributed by atoms with E-state index in [0.717, 1.165) is 6.07 Å². The van der Waals surface area contributed by atoms with Crippen LogP contribution in [-0.2, 0) is 0 Å². The molecular weight excluding hydrogens is 365 g/mol. The lowest BCUT2D eigenvalue weighted by Crippen LogP contribution is -2.01. The van der Waals surface area contributed by atoms with Crippen molar-refractivity contribution in [3.05, 3.63) is 51.4 Å². The van der Waals surface area contributed by atoms with Crippen LogP contribution in [0.1, 0.15) is 10.4 Å². The molecule has 0 aliphatic heterocycles. The first-order valence-corrected chi connectivity index (χ1v) is 6.92. The molecule has 0 spiro atoms. The van der Waals surface area contributed by atoms with Crippen LogP contribution in [0.5, 0.6) is 0 Å². The zero-order valence-electron chi connectivity index (χ0n) is 10.2. The zero-order valence-corrected chi connectivity index (χ0v) is 12.6. The number of fused-ring (bicyclic) bond motifs is 1. The van der Waals surface area contributed by atoms with Crippen LogP contribution in [0.3, 0.4) is 0 Å². The molecule has 1 N–H and O–H groups in total. The maximum absolute atomic E-state index is 14.0. The Labute approximate surface area is 131 Å². The van der Waals surface area contributed by atoms with E-state index in [1.165, 1.54) is 12.1 Å². The molecule has 0 unspecified atom stereocenters. The van der Waals surface area contributed by atoms with Gasteiger partial charge in [0.05, 0.1) is 10.6 Å². The Morgan fingerprint density at radius 3 is 2.71 bits per heavy atom. The number of carboxylic acids is 1. The van der Waals surface area contributed by atoms with Gasteiger partial charge in [-0.25, -0.2) is 14.2 Å². The minimum Gasteiger partial charge on any atom is -0.478 e. The summed E-state index contributed by atoms with van der Waals surface area (Å²) in [6, 6.07) is 6.99. The molecule has 0 bridgehead atoms. The number of nitrogens with zero attached hydrogens (tertiary/aromatic N) is 1. The first-order valence-electron chi connectivity index (χ1n) is 5.75. The standard InChI is InChI=1S/C14H6BrClFNO3/c15-11-4-3-10(21-11)9-5-6(14(19)20)12-7(16)1-2-8(17)13(12)18-9/h1-5H,(H,19,20). The molecule has 0 fully saturated rings. The van der Waals surface area contributed by atoms with Crippen LogP contribution in [0, 0.1) is 5.82 Å². The summed E-state index contributed by atoms with van der Waals surface area (Å²) in [4.78, 5) is 15.5. The van der Waals surface area contributed by atoms with Gasteiger partial charge in [-0.2, -0.15) is 0 Å². The van der Waals surface area contributed by atoms with Crippen molar-refractivity contribution in [2.75, 3.05) is 0 Å². The van der Waals surface area contributed by atoms with Crippen molar-refractivity contribution in [1.82, 2.24) is 4.98 Å². The number of hydrogen-bond donors (Lipinski definition) is 1. The summed E-state index contributed by atoms with van der Waals surface area (Å²) in [7, 11) is 0. The highest BCUT2D eigenvalue weighted by Crippen LogP contribution is 2.32. The monoisotopic (exact) mass is 369 g/mol. The van der Waals surface area contributed by atoms with Gasteiger partial charge in [-0.3, -0.25) is 0 Å². The quantitative estimate of drug-likeness (QED) is 0.707. The SMILES string of the molecule is O=C(O)c1cc(-c2ccc(Br)o2)nc2c(F)ccc(Cl)c12. The number of pyridine rings is 1. The highest BCUT2D eigenvalue weighted by molar-refractivity contribution is 9.10. The van der Waals surface area contributed by atoms with Crippen molar-refractivity contribution in [1.29, 1.82) is 0 Å². The molecule has 0 amide bonds. The molecule has 2 aromatic heterocycles. The van der Waals surface area contributed by atoms with E-state index < -0.39 is 11.8 Å². The van der Waals surface area contributed by atoms with Gasteiger partial charge in [-0.1, -0.05) is 11.6 Å². The molecule has 0 radical (unpaired) electrons. The predicted molar refractivity (Wildman–Crippen MR) is 79.1 cm³/mol. The van der Waals surface area contributed by atoms with Gasteiger partial charge in [0.1, 0.15) is 17.0 Å². The minimum absolute atomic E-state index is 0.0681. The van der Waals surface area contributed by atoms with Gasteiger partial charge in [0, 0.05) is 5.39 Å². The largest absolute Gasteiger partial charge is 0.478 e. The minimum atomic E-state index is -1.22. The van der Waals surface area contributed by atoms with Crippen LogP contribution in [0.4, 0.5) is 4.39 Å². The lowest BCUT2D eigenvalue weighted by atomic mass is 10.1. The molecule has 0 saturated carbocycles. The number of hydrogen-bond acceptors (Lipinski definition) is 3. The second-order valence-electron chi connectivity index (χ2n) is 4.22. The van der Waals surface area contributed by atoms with Gasteiger partial charge >= 0.3 is 5.97 Å². The Bertz CT molecular complexity index is 878. The molecule has 0 aliphatic carbocycles. The molecule has 0 atom stereocenters. The molecule has 2 heterocycles. The molecule has 3 rings (SSSR count). The molecule has 21 heavy (non-hydrogen) atoms. The lowest BCUT2D eigenvalue weighted by Gasteiger charge is -2.07. The van der Waals surface area contributed by atoms with E-state index in [2.05, 4.69) is 20.9 Å². The Kier molecular flexibility index (Phi) is 3.43. The van der Waals surface area contributed by atoms with Gasteiger partial charge in [0.2, 0.25) is 0 Å². The van der Waals surface area contributed by atoms with Crippen LogP contribution < -0.4 is 0 Å². The van der Waals surface area contributed by atoms with Crippen molar-refractivity contribution in [2.45, 2.75) is 0 Å². The summed E-state index contributed by atoms with van der Waals surface area (Å²) >= 11 is 9.13. The third-order valence-electron chi connectivity index (χ3n) is 2.92. The number of aromatic carboxylic acids is 1. The molecule has 1 aromatic carbocycles. The molecule has 7 heteroatoms. The van der Waals surface area contributed by atoms with E-state index in [1.807, 2.05) is 0 Å². The fourth-order valence-corrected chi connectivity index (χ4v) is 2.58. The molecule has 0 aliphatic rings. The van der Waals surface area contributed by atoms with E-state index in [9.17, 15) is 14.3 Å². The Hall–Kier alpha value is -1.92. The summed E-state index contributed by atoms with van der Waals surface area (Å²) in [6.45, 7) is 0. The third kappa shape index (κ3) is 2.41. The third-order valence-corrected chi connectivity index (χ3v) is 3.66. The lowest BCUT2D eigenvalue weighted by molar-refractivity contribution is 0.0699. The Balaban J connectivity index is 2.40. The predicted octanol–water partition coefficient (Wildman–Crippen LogP) is 4.75. The topological polar surface area (TPSA) is 63.3 Å². The normalized spacial score (nSPS) is 11.0. The van der Waals surface area contributed by atoms with Gasteiger partial charge in [-0.15, -0.1) is 0 Å². The van der Waals surface area contributed by atoms with Crippen molar-refractivity contribution in [3.8, 4) is 11.5 Å². The van der Waals surface area contributed by atoms with E-state index in [4.69, 9.17) is 16.0 Å². The summed E-state index contributed by atoms with van der Waals surface area (Å²) < 4.78 is 19.7. The first kappa shape index (κ1) is 14.0. The molecule has 0 saturated heterocycles. The fourth-order valence-electron chi connectivity index (χ4n) is 2.02. The maximum atomic E-state index is 14.0. The summed E-state index contributed by atoms with van der Waals surface area (Å²) in [5.41, 5.74) is -0.0243. The molecule has 4 nitrogen and oxygen atoms in total. The first-order chi connectivity index (χ1) is 9.97. The number of benzene rings is 1. The van der Waals surface area contributed by atoms with Crippen LogP contribution in [0.15, 0.2) is 39.4 Å². The van der Waals surface area contributed by atoms with Crippen molar-refractivity contribution < 1.29 is 18.7 Å². The van der Waals surface area contributed by atoms with Crippen LogP contribution in [-0.4, -0.2) is 16.1 Å². The Morgan fingerprint density at radius 2 is 2.10 bits per heavy atom. The van der Waals surface area contributed by atoms with Crippen LogP contribution in [0.25, 0.3) is 22.4 Å². The van der Waals surface area contributed by atoms with Gasteiger partial charge in [0.25, 0.3) is 0 Å². The fraction of sp³-hybridized carbons (Fsp3) is 0. The molecular formula is C14H6BrClFNO3. The number of halogens is 3. The van der Waals surface area contributed by atoms with E-state index in [-0.39, 0.29) is 27.2 Å². The Morgan fingerprint density at radius 1 is 1.33 bits per heavy atom. The van der Waals surface area contributed by atoms with Gasteiger partial charge in [-0.05, 0) is 46.3 Å². The van der Waals surface area contributed by atoms with Crippen LogP contribution >= 0.6 is 27.5 Å². The second-order valence-corrected chi connectivity index (χ2v) is 5.41. The van der Waals surface area contributed by atoms with Crippen molar-refractivity contribution >= 4 is 44.4 Å². The summed E-state index contributed by atoms with van der Waals surface area (Å²) in [5, 5.41) is 9.52. The number of carboxylic acid groups (broad SMARTS) is 1. The van der Waals surface area contributed by atoms with E-state index in [0.29, 0.717) is 10.4 Å². The second kappa shape index (κ2) is 5.13. The highest BCUT2D eigenvalue weighted by Gasteiger charge is 2.19. The molecule has 106 valence electrons. The van der Waals surface area contributed by atoms with Crippen LogP contribution in [0.2, 0.25) is 5.02 Å². The average molecular weight is 371 g/mol. The zero-order chi connectivity index (χ0) is 15.1. The molecule has 3 aromatic rings. The number of furan rings is 1. The van der Waals surface area contributed by atoms with E-state index >= 15 is 0 Å². The van der Waals surface area contributed by atoms with Gasteiger partial charge < -0.3 is 9.52 Å². The maximum Gasteiger partial charge on any atom is 0.336 e. The number of aromatic nitrogens is 1. The smallest absolute Gasteiger partial charge is 0.336 e. The van der Waals surface area contributed by atoms with Gasteiger partial charge in [0.15, 0.2) is 10.4 Å². The van der Waals surface area contributed by atoms with Crippen molar-refractivity contribution in [3.63, 3.8) is 0 Å². The summed E-state index contributed by atoms with van der Waals surface area (Å²) in [5.74, 6) is -1.54. The number of carbonyl (C=O) groups is 1. The summed E-state index contributed by atoms with van der Waals surface area (Å²) in [6.07, 6.45) is 0.